The highest BCUT2D eigenvalue weighted by Gasteiger charge is 2.19. The number of rotatable bonds is 1. The molecule has 6 nitrogen and oxygen atoms in total. The van der Waals surface area contributed by atoms with E-state index < -0.39 is 0 Å². The molecule has 0 unspecified atom stereocenters. The molecule has 2 aromatic rings. The number of nitrogens with one attached hydrogen (secondary N) is 1. The Morgan fingerprint density at radius 3 is 2.81 bits per heavy atom. The summed E-state index contributed by atoms with van der Waals surface area (Å²) in [6, 6.07) is 0. The summed E-state index contributed by atoms with van der Waals surface area (Å²) in [4.78, 5) is 28.7. The molecule has 0 spiro atoms. The molecular formula is C10H11N5O. The quantitative estimate of drug-likeness (QED) is 0.753. The Hall–Kier alpha value is -1.98. The van der Waals surface area contributed by atoms with Crippen molar-refractivity contribution in [1.29, 1.82) is 0 Å². The number of ketones is 1. The van der Waals surface area contributed by atoms with Gasteiger partial charge < -0.3 is 9.88 Å². The van der Waals surface area contributed by atoms with Crippen molar-refractivity contribution in [3.8, 4) is 0 Å². The molecule has 3 rings (SSSR count). The lowest BCUT2D eigenvalue weighted by Crippen LogP contribution is -2.34. The van der Waals surface area contributed by atoms with Crippen LogP contribution in [0, 0.1) is 0 Å². The van der Waals surface area contributed by atoms with Gasteiger partial charge >= 0.3 is 0 Å². The van der Waals surface area contributed by atoms with Gasteiger partial charge in [0, 0.05) is 25.9 Å². The minimum atomic E-state index is 0.325. The Balaban J connectivity index is 1.99. The zero-order valence-corrected chi connectivity index (χ0v) is 8.68. The summed E-state index contributed by atoms with van der Waals surface area (Å²) in [5, 5.41) is 0. The lowest BCUT2D eigenvalue weighted by Gasteiger charge is -2.26. The van der Waals surface area contributed by atoms with E-state index in [1.807, 2.05) is 0 Å². The average Bonchev–Trinajstić information content (AvgIpc) is 2.78. The van der Waals surface area contributed by atoms with Gasteiger partial charge in [0.25, 0.3) is 0 Å². The highest BCUT2D eigenvalue weighted by atomic mass is 16.1. The van der Waals surface area contributed by atoms with Crippen LogP contribution in [0.5, 0.6) is 0 Å². The number of aromatic amines is 1. The first kappa shape index (κ1) is 9.26. The van der Waals surface area contributed by atoms with Crippen molar-refractivity contribution in [2.75, 3.05) is 18.0 Å². The van der Waals surface area contributed by atoms with Crippen LogP contribution in [0.4, 0.5) is 5.82 Å². The number of hydrogen-bond acceptors (Lipinski definition) is 5. The van der Waals surface area contributed by atoms with Gasteiger partial charge in [0.1, 0.15) is 17.6 Å². The molecule has 16 heavy (non-hydrogen) atoms. The fourth-order valence-electron chi connectivity index (χ4n) is 1.96. The maximum Gasteiger partial charge on any atom is 0.182 e. The Morgan fingerprint density at radius 2 is 2.00 bits per heavy atom. The van der Waals surface area contributed by atoms with E-state index >= 15 is 0 Å². The third kappa shape index (κ3) is 1.42. The van der Waals surface area contributed by atoms with Crippen molar-refractivity contribution in [1.82, 2.24) is 19.9 Å². The standard InChI is InChI=1S/C10H11N5O/c16-7-1-3-15(4-2-7)10-8-9(12-5-11-8)13-6-14-10/h5-6H,1-4H2,(H,11,12,13,14). The van der Waals surface area contributed by atoms with Gasteiger partial charge in [0.05, 0.1) is 6.33 Å². The van der Waals surface area contributed by atoms with Gasteiger partial charge in [-0.15, -0.1) is 0 Å². The van der Waals surface area contributed by atoms with Crippen molar-refractivity contribution in [3.05, 3.63) is 12.7 Å². The molecule has 82 valence electrons. The number of H-pyrrole nitrogens is 1. The fourth-order valence-corrected chi connectivity index (χ4v) is 1.96. The number of hydrogen-bond donors (Lipinski definition) is 1. The molecule has 2 aromatic heterocycles. The number of piperidine rings is 1. The molecular weight excluding hydrogens is 206 g/mol. The Labute approximate surface area is 91.7 Å². The predicted octanol–water partition coefficient (Wildman–Crippen LogP) is 0.522. The maximum absolute atomic E-state index is 11.2. The third-order valence-electron chi connectivity index (χ3n) is 2.82. The zero-order valence-electron chi connectivity index (χ0n) is 8.68. The molecule has 0 bridgehead atoms. The monoisotopic (exact) mass is 217 g/mol. The number of nitrogens with zero attached hydrogens (tertiary/aromatic N) is 4. The van der Waals surface area contributed by atoms with Crippen LogP contribution in [0.3, 0.4) is 0 Å². The van der Waals surface area contributed by atoms with Crippen molar-refractivity contribution in [3.63, 3.8) is 0 Å². The molecule has 0 radical (unpaired) electrons. The molecule has 1 saturated heterocycles. The summed E-state index contributed by atoms with van der Waals surface area (Å²) < 4.78 is 0. The third-order valence-corrected chi connectivity index (χ3v) is 2.82. The topological polar surface area (TPSA) is 74.8 Å². The van der Waals surface area contributed by atoms with Gasteiger partial charge in [-0.3, -0.25) is 4.79 Å². The molecule has 1 aliphatic rings. The maximum atomic E-state index is 11.2. The lowest BCUT2D eigenvalue weighted by atomic mass is 10.1. The van der Waals surface area contributed by atoms with Gasteiger partial charge in [0.15, 0.2) is 11.5 Å². The molecule has 3 heterocycles. The fraction of sp³-hybridized carbons (Fsp3) is 0.400. The summed E-state index contributed by atoms with van der Waals surface area (Å²) in [6.45, 7) is 1.45. The van der Waals surface area contributed by atoms with Crippen LogP contribution in [0.2, 0.25) is 0 Å². The lowest BCUT2D eigenvalue weighted by molar-refractivity contribution is -0.119. The van der Waals surface area contributed by atoms with Crippen LogP contribution < -0.4 is 4.90 Å². The first-order chi connectivity index (χ1) is 7.84. The minimum Gasteiger partial charge on any atom is -0.354 e. The Bertz CT molecular complexity index is 525. The van der Waals surface area contributed by atoms with Gasteiger partial charge in [-0.2, -0.15) is 0 Å². The molecule has 1 fully saturated rings. The Kier molecular flexibility index (Phi) is 2.05. The van der Waals surface area contributed by atoms with E-state index in [0.717, 1.165) is 24.4 Å². The van der Waals surface area contributed by atoms with E-state index in [1.165, 1.54) is 6.33 Å². The van der Waals surface area contributed by atoms with E-state index in [1.54, 1.807) is 6.33 Å². The van der Waals surface area contributed by atoms with Crippen molar-refractivity contribution < 1.29 is 4.79 Å². The van der Waals surface area contributed by atoms with Crippen LogP contribution in [-0.4, -0.2) is 38.8 Å². The first-order valence-corrected chi connectivity index (χ1v) is 5.25. The van der Waals surface area contributed by atoms with E-state index in [9.17, 15) is 4.79 Å². The summed E-state index contributed by atoms with van der Waals surface area (Å²) in [5.74, 6) is 1.17. The minimum absolute atomic E-state index is 0.325. The van der Waals surface area contributed by atoms with E-state index in [-0.39, 0.29) is 0 Å². The molecule has 0 amide bonds. The van der Waals surface area contributed by atoms with E-state index in [0.29, 0.717) is 24.3 Å². The number of carbonyl (C=O) groups is 1. The first-order valence-electron chi connectivity index (χ1n) is 5.25. The molecule has 0 atom stereocenters. The van der Waals surface area contributed by atoms with Crippen molar-refractivity contribution in [2.24, 2.45) is 0 Å². The normalized spacial score (nSPS) is 17.0. The number of aromatic nitrogens is 4. The van der Waals surface area contributed by atoms with Crippen molar-refractivity contribution >= 4 is 22.8 Å². The highest BCUT2D eigenvalue weighted by molar-refractivity contribution is 5.85. The molecule has 1 N–H and O–H groups in total. The summed E-state index contributed by atoms with van der Waals surface area (Å²) in [7, 11) is 0. The molecule has 1 aliphatic heterocycles. The molecule has 6 heteroatoms. The van der Waals surface area contributed by atoms with Crippen LogP contribution in [0.15, 0.2) is 12.7 Å². The molecule has 0 aliphatic carbocycles. The van der Waals surface area contributed by atoms with Crippen LogP contribution in [0.1, 0.15) is 12.8 Å². The SMILES string of the molecule is O=C1CCN(c2ncnc3nc[nH]c23)CC1. The van der Waals surface area contributed by atoms with Crippen LogP contribution in [-0.2, 0) is 4.79 Å². The highest BCUT2D eigenvalue weighted by Crippen LogP contribution is 2.21. The average molecular weight is 217 g/mol. The number of fused-ring (bicyclic) bond motifs is 1. The second kappa shape index (κ2) is 3.55. The molecule has 0 aromatic carbocycles. The van der Waals surface area contributed by atoms with Crippen LogP contribution >= 0.6 is 0 Å². The predicted molar refractivity (Wildman–Crippen MR) is 58.1 cm³/mol. The van der Waals surface area contributed by atoms with Gasteiger partial charge in [-0.25, -0.2) is 15.0 Å². The van der Waals surface area contributed by atoms with E-state index in [2.05, 4.69) is 24.8 Å². The number of anilines is 1. The van der Waals surface area contributed by atoms with Gasteiger partial charge in [0.2, 0.25) is 0 Å². The second-order valence-corrected chi connectivity index (χ2v) is 3.82. The second-order valence-electron chi connectivity index (χ2n) is 3.82. The largest absolute Gasteiger partial charge is 0.354 e. The number of Topliss-reactive ketones (excluding diaryl/α,β-unsaturated/α-hetero) is 1. The number of carbonyl (C=O) groups excluding carboxylic acids is 1. The van der Waals surface area contributed by atoms with E-state index in [4.69, 9.17) is 0 Å². The number of imidazole rings is 1. The Morgan fingerprint density at radius 1 is 1.19 bits per heavy atom. The van der Waals surface area contributed by atoms with Gasteiger partial charge in [-0.1, -0.05) is 0 Å². The summed E-state index contributed by atoms with van der Waals surface area (Å²) in [6.07, 6.45) is 4.31. The summed E-state index contributed by atoms with van der Waals surface area (Å²) >= 11 is 0. The summed E-state index contributed by atoms with van der Waals surface area (Å²) in [5.41, 5.74) is 1.51. The van der Waals surface area contributed by atoms with Gasteiger partial charge in [-0.05, 0) is 0 Å². The van der Waals surface area contributed by atoms with Crippen LogP contribution in [0.25, 0.3) is 11.2 Å². The zero-order chi connectivity index (χ0) is 11.0. The molecule has 0 saturated carbocycles. The smallest absolute Gasteiger partial charge is 0.182 e. The van der Waals surface area contributed by atoms with Crippen molar-refractivity contribution in [2.45, 2.75) is 12.8 Å².